The summed E-state index contributed by atoms with van der Waals surface area (Å²) in [5, 5.41) is 3.43. The normalized spacial score (nSPS) is 14.8. The molecule has 0 heterocycles. The molecule has 0 rings (SSSR count). The first kappa shape index (κ1) is 17.2. The fourth-order valence-corrected chi connectivity index (χ4v) is 1.59. The molecule has 0 aromatic heterocycles. The van der Waals surface area contributed by atoms with E-state index in [1.807, 2.05) is 13.8 Å². The van der Waals surface area contributed by atoms with Crippen LogP contribution in [0.25, 0.3) is 0 Å². The molecule has 0 aliphatic rings. The van der Waals surface area contributed by atoms with E-state index in [9.17, 15) is 13.2 Å². The van der Waals surface area contributed by atoms with Gasteiger partial charge in [-0.3, -0.25) is 0 Å². The lowest BCUT2D eigenvalue weighted by Gasteiger charge is -2.23. The third kappa shape index (κ3) is 9.30. The summed E-state index contributed by atoms with van der Waals surface area (Å²) in [6, 6.07) is -0.464. The lowest BCUT2D eigenvalue weighted by molar-refractivity contribution is 0.0504. The SMILES string of the molecule is CC(C)[C@@H](/C=C/S(=O)(=O)Cl)NC(=O)OC(C)(C)C. The Labute approximate surface area is 113 Å². The molecule has 1 amide bonds. The second-order valence-electron chi connectivity index (χ2n) is 5.22. The maximum Gasteiger partial charge on any atom is 0.408 e. The zero-order chi connectivity index (χ0) is 14.6. The Morgan fingerprint density at radius 3 is 2.17 bits per heavy atom. The van der Waals surface area contributed by atoms with Gasteiger partial charge >= 0.3 is 6.09 Å². The van der Waals surface area contributed by atoms with E-state index in [-0.39, 0.29) is 5.92 Å². The van der Waals surface area contributed by atoms with Gasteiger partial charge in [0.1, 0.15) is 5.60 Å². The number of carbonyl (C=O) groups is 1. The van der Waals surface area contributed by atoms with Crippen LogP contribution < -0.4 is 5.32 Å². The Morgan fingerprint density at radius 1 is 1.33 bits per heavy atom. The van der Waals surface area contributed by atoms with Crippen molar-refractivity contribution in [3.63, 3.8) is 0 Å². The van der Waals surface area contributed by atoms with Crippen LogP contribution in [0.15, 0.2) is 11.5 Å². The quantitative estimate of drug-likeness (QED) is 0.810. The highest BCUT2D eigenvalue weighted by Gasteiger charge is 2.20. The lowest BCUT2D eigenvalue weighted by Crippen LogP contribution is -2.40. The highest BCUT2D eigenvalue weighted by molar-refractivity contribution is 8.16. The van der Waals surface area contributed by atoms with Crippen molar-refractivity contribution in [3.8, 4) is 0 Å². The minimum absolute atomic E-state index is 0.00665. The van der Waals surface area contributed by atoms with Crippen molar-refractivity contribution in [3.05, 3.63) is 11.5 Å². The first-order chi connectivity index (χ1) is 7.91. The second kappa shape index (κ2) is 6.43. The number of amides is 1. The molecule has 0 aliphatic heterocycles. The highest BCUT2D eigenvalue weighted by Crippen LogP contribution is 2.10. The summed E-state index contributed by atoms with van der Waals surface area (Å²) < 4.78 is 26.7. The van der Waals surface area contributed by atoms with Gasteiger partial charge in [0.2, 0.25) is 0 Å². The smallest absolute Gasteiger partial charge is 0.408 e. The van der Waals surface area contributed by atoms with Crippen molar-refractivity contribution >= 4 is 25.8 Å². The lowest BCUT2D eigenvalue weighted by atomic mass is 10.1. The molecule has 18 heavy (non-hydrogen) atoms. The van der Waals surface area contributed by atoms with Gasteiger partial charge in [0.05, 0.1) is 6.04 Å². The molecule has 0 aromatic carbocycles. The molecule has 0 aliphatic carbocycles. The van der Waals surface area contributed by atoms with Gasteiger partial charge in [-0.1, -0.05) is 13.8 Å². The summed E-state index contributed by atoms with van der Waals surface area (Å²) in [6.45, 7) is 8.92. The van der Waals surface area contributed by atoms with Crippen LogP contribution in [0.1, 0.15) is 34.6 Å². The summed E-state index contributed by atoms with van der Waals surface area (Å²) in [4.78, 5) is 11.5. The Kier molecular flexibility index (Phi) is 6.16. The molecule has 0 aromatic rings. The summed E-state index contributed by atoms with van der Waals surface area (Å²) in [6.07, 6.45) is 0.731. The number of carbonyl (C=O) groups excluding carboxylic acids is 1. The zero-order valence-corrected chi connectivity index (χ0v) is 12.8. The molecule has 0 radical (unpaired) electrons. The molecule has 1 N–H and O–H groups in total. The molecule has 0 spiro atoms. The van der Waals surface area contributed by atoms with Crippen LogP contribution in [0.3, 0.4) is 0 Å². The Bertz CT molecular complexity index is 409. The standard InChI is InChI=1S/C11H20ClNO4S/c1-8(2)9(6-7-18(12,15)16)13-10(14)17-11(3,4)5/h6-9H,1-5H3,(H,13,14)/b7-6+/t9-/m1/s1. The number of ether oxygens (including phenoxy) is 1. The van der Waals surface area contributed by atoms with Gasteiger partial charge < -0.3 is 10.1 Å². The number of hydrogen-bond donors (Lipinski definition) is 1. The Hall–Kier alpha value is -0.750. The molecule has 5 nitrogen and oxygen atoms in total. The van der Waals surface area contributed by atoms with Crippen LogP contribution in [0.4, 0.5) is 4.79 Å². The van der Waals surface area contributed by atoms with E-state index in [0.29, 0.717) is 0 Å². The van der Waals surface area contributed by atoms with E-state index >= 15 is 0 Å². The molecule has 0 fully saturated rings. The maximum atomic E-state index is 11.5. The Balaban J connectivity index is 4.66. The van der Waals surface area contributed by atoms with E-state index in [4.69, 9.17) is 15.4 Å². The first-order valence-electron chi connectivity index (χ1n) is 5.53. The minimum atomic E-state index is -3.72. The third-order valence-corrected chi connectivity index (χ3v) is 2.64. The fraction of sp³-hybridized carbons (Fsp3) is 0.727. The van der Waals surface area contributed by atoms with Crippen molar-refractivity contribution < 1.29 is 17.9 Å². The van der Waals surface area contributed by atoms with Crippen LogP contribution in [-0.4, -0.2) is 26.2 Å². The van der Waals surface area contributed by atoms with Gasteiger partial charge in [-0.2, -0.15) is 0 Å². The van der Waals surface area contributed by atoms with Gasteiger partial charge in [-0.15, -0.1) is 0 Å². The van der Waals surface area contributed by atoms with Gasteiger partial charge in [0.25, 0.3) is 9.05 Å². The maximum absolute atomic E-state index is 11.5. The number of hydrogen-bond acceptors (Lipinski definition) is 4. The fourth-order valence-electron chi connectivity index (χ4n) is 1.06. The van der Waals surface area contributed by atoms with Crippen LogP contribution in [-0.2, 0) is 13.8 Å². The van der Waals surface area contributed by atoms with Crippen molar-refractivity contribution in [2.45, 2.75) is 46.3 Å². The summed E-state index contributed by atoms with van der Waals surface area (Å²) in [5.41, 5.74) is -0.603. The van der Waals surface area contributed by atoms with E-state index in [2.05, 4.69) is 5.32 Å². The number of nitrogens with one attached hydrogen (secondary N) is 1. The monoisotopic (exact) mass is 297 g/mol. The van der Waals surface area contributed by atoms with Gasteiger partial charge in [0, 0.05) is 16.1 Å². The zero-order valence-electron chi connectivity index (χ0n) is 11.2. The first-order valence-corrected chi connectivity index (χ1v) is 7.90. The summed E-state index contributed by atoms with van der Waals surface area (Å²) in [5.74, 6) is 0.00665. The van der Waals surface area contributed by atoms with Crippen LogP contribution in [0.5, 0.6) is 0 Å². The van der Waals surface area contributed by atoms with Crippen molar-refractivity contribution in [2.24, 2.45) is 5.92 Å². The molecule has 1 atom stereocenters. The van der Waals surface area contributed by atoms with Crippen molar-refractivity contribution in [1.29, 1.82) is 0 Å². The van der Waals surface area contributed by atoms with Crippen LogP contribution in [0, 0.1) is 5.92 Å². The number of halogens is 1. The molecule has 0 saturated heterocycles. The van der Waals surface area contributed by atoms with Crippen LogP contribution in [0.2, 0.25) is 0 Å². The van der Waals surface area contributed by atoms with Gasteiger partial charge in [-0.05, 0) is 32.8 Å². The minimum Gasteiger partial charge on any atom is -0.444 e. The predicted octanol–water partition coefficient (Wildman–Crippen LogP) is 2.62. The van der Waals surface area contributed by atoms with E-state index in [0.717, 1.165) is 5.41 Å². The summed E-state index contributed by atoms with van der Waals surface area (Å²) in [7, 11) is 1.34. The highest BCUT2D eigenvalue weighted by atomic mass is 35.7. The van der Waals surface area contributed by atoms with Crippen LogP contribution >= 0.6 is 10.7 Å². The topological polar surface area (TPSA) is 72.5 Å². The molecular weight excluding hydrogens is 278 g/mol. The molecular formula is C11H20ClNO4S. The van der Waals surface area contributed by atoms with Gasteiger partial charge in [0.15, 0.2) is 0 Å². The Morgan fingerprint density at radius 2 is 1.83 bits per heavy atom. The molecule has 0 unspecified atom stereocenters. The largest absolute Gasteiger partial charge is 0.444 e. The predicted molar refractivity (Wildman–Crippen MR) is 71.9 cm³/mol. The van der Waals surface area contributed by atoms with Gasteiger partial charge in [-0.25, -0.2) is 13.2 Å². The number of alkyl carbamates (subject to hydrolysis) is 1. The molecule has 7 heteroatoms. The average Bonchev–Trinajstić information content (AvgIpc) is 2.06. The van der Waals surface area contributed by atoms with Crippen molar-refractivity contribution in [1.82, 2.24) is 5.32 Å². The third-order valence-electron chi connectivity index (χ3n) is 1.85. The van der Waals surface area contributed by atoms with E-state index in [1.54, 1.807) is 20.8 Å². The molecule has 0 bridgehead atoms. The van der Waals surface area contributed by atoms with E-state index in [1.165, 1.54) is 6.08 Å². The molecule has 0 saturated carbocycles. The molecule has 106 valence electrons. The summed E-state index contributed by atoms with van der Waals surface area (Å²) >= 11 is 0. The average molecular weight is 298 g/mol. The van der Waals surface area contributed by atoms with E-state index < -0.39 is 26.8 Å². The number of rotatable bonds is 4. The second-order valence-corrected chi connectivity index (χ2v) is 7.73. The van der Waals surface area contributed by atoms with Crippen molar-refractivity contribution in [2.75, 3.05) is 0 Å².